The van der Waals surface area contributed by atoms with Gasteiger partial charge in [-0.05, 0) is 54.4 Å². The number of hydrogen-bond donors (Lipinski definition) is 3. The van der Waals surface area contributed by atoms with Crippen LogP contribution < -0.4 is 16.4 Å². The van der Waals surface area contributed by atoms with Crippen LogP contribution in [-0.2, 0) is 13.1 Å². The van der Waals surface area contributed by atoms with Gasteiger partial charge >= 0.3 is 0 Å². The van der Waals surface area contributed by atoms with Gasteiger partial charge in [0.25, 0.3) is 5.91 Å². The van der Waals surface area contributed by atoms with E-state index in [0.29, 0.717) is 30.3 Å². The molecule has 2 aromatic carbocycles. The number of anilines is 2. The number of nitrogen functional groups attached to an aromatic ring is 1. The molecule has 4 N–H and O–H groups in total. The third kappa shape index (κ3) is 5.12. The van der Waals surface area contributed by atoms with E-state index in [0.717, 1.165) is 31.8 Å². The Morgan fingerprint density at radius 3 is 2.69 bits per heavy atom. The zero-order valence-electron chi connectivity index (χ0n) is 19.2. The van der Waals surface area contributed by atoms with Gasteiger partial charge in [-0.2, -0.15) is 0 Å². The third-order valence-corrected chi connectivity index (χ3v) is 6.80. The van der Waals surface area contributed by atoms with E-state index in [-0.39, 0.29) is 5.91 Å². The summed E-state index contributed by atoms with van der Waals surface area (Å²) in [5, 5.41) is 7.14. The number of benzene rings is 2. The van der Waals surface area contributed by atoms with E-state index in [9.17, 15) is 4.79 Å². The van der Waals surface area contributed by atoms with Gasteiger partial charge in [-0.25, -0.2) is 15.0 Å². The molecular formula is C27H24N6OS. The Bertz CT molecular complexity index is 1500. The molecule has 0 saturated carbocycles. The van der Waals surface area contributed by atoms with Crippen LogP contribution in [0.5, 0.6) is 0 Å². The highest BCUT2D eigenvalue weighted by atomic mass is 32.1. The van der Waals surface area contributed by atoms with Crippen molar-refractivity contribution in [3.8, 4) is 10.4 Å². The molecule has 0 radical (unpaired) electrons. The summed E-state index contributed by atoms with van der Waals surface area (Å²) in [6.45, 7) is 3.06. The van der Waals surface area contributed by atoms with E-state index in [1.54, 1.807) is 29.7 Å². The number of amides is 1. The van der Waals surface area contributed by atoms with Crippen molar-refractivity contribution in [3.05, 3.63) is 101 Å². The monoisotopic (exact) mass is 480 g/mol. The smallest absolute Gasteiger partial charge is 0.255 e. The molecule has 0 spiro atoms. The predicted molar refractivity (Wildman–Crippen MR) is 141 cm³/mol. The fourth-order valence-electron chi connectivity index (χ4n) is 3.74. The predicted octanol–water partition coefficient (Wildman–Crippen LogP) is 5.19. The van der Waals surface area contributed by atoms with Gasteiger partial charge in [-0.1, -0.05) is 35.9 Å². The van der Waals surface area contributed by atoms with Crippen molar-refractivity contribution in [1.29, 1.82) is 0 Å². The van der Waals surface area contributed by atoms with Gasteiger partial charge in [-0.15, -0.1) is 11.3 Å². The molecule has 3 aromatic heterocycles. The number of nitrogens with zero attached hydrogens (tertiary/aromatic N) is 3. The summed E-state index contributed by atoms with van der Waals surface area (Å²) >= 11 is 1.67. The molecule has 0 aliphatic heterocycles. The quantitative estimate of drug-likeness (QED) is 0.296. The number of nitrogens with one attached hydrogen (secondary N) is 2. The number of nitrogens with two attached hydrogens (primary N) is 1. The van der Waals surface area contributed by atoms with Gasteiger partial charge in [0.05, 0.1) is 17.6 Å². The Kier molecular flexibility index (Phi) is 6.36. The number of carbonyl (C=O) groups excluding carboxylic acids is 1. The molecule has 0 aliphatic carbocycles. The Morgan fingerprint density at radius 1 is 0.971 bits per heavy atom. The van der Waals surface area contributed by atoms with Gasteiger partial charge in [0.1, 0.15) is 18.0 Å². The van der Waals surface area contributed by atoms with E-state index in [1.807, 2.05) is 49.4 Å². The average molecular weight is 481 g/mol. The molecule has 1 amide bonds. The topological polar surface area (TPSA) is 106 Å². The maximum Gasteiger partial charge on any atom is 0.255 e. The number of hydrogen-bond acceptors (Lipinski definition) is 7. The summed E-state index contributed by atoms with van der Waals surface area (Å²) in [5.74, 6) is 0.863. The lowest BCUT2D eigenvalue weighted by atomic mass is 10.1. The summed E-state index contributed by atoms with van der Waals surface area (Å²) in [6, 6.07) is 21.8. The lowest BCUT2D eigenvalue weighted by Gasteiger charge is -2.11. The van der Waals surface area contributed by atoms with Crippen molar-refractivity contribution in [2.45, 2.75) is 20.0 Å². The summed E-state index contributed by atoms with van der Waals surface area (Å²) < 4.78 is 0. The summed E-state index contributed by atoms with van der Waals surface area (Å²) in [5.41, 5.74) is 10.7. The van der Waals surface area contributed by atoms with E-state index in [4.69, 9.17) is 5.73 Å². The first-order valence-corrected chi connectivity index (χ1v) is 12.0. The van der Waals surface area contributed by atoms with Crippen molar-refractivity contribution < 1.29 is 4.79 Å². The first kappa shape index (κ1) is 22.5. The molecule has 0 unspecified atom stereocenters. The van der Waals surface area contributed by atoms with E-state index in [2.05, 4.69) is 37.7 Å². The van der Waals surface area contributed by atoms with Crippen molar-refractivity contribution in [3.63, 3.8) is 0 Å². The highest BCUT2D eigenvalue weighted by molar-refractivity contribution is 7.15. The highest BCUT2D eigenvalue weighted by Crippen LogP contribution is 2.31. The van der Waals surface area contributed by atoms with Crippen LogP contribution in [0.25, 0.3) is 21.3 Å². The first-order valence-electron chi connectivity index (χ1n) is 11.2. The second kappa shape index (κ2) is 9.90. The Labute approximate surface area is 207 Å². The fourth-order valence-corrected chi connectivity index (χ4v) is 4.69. The average Bonchev–Trinajstić information content (AvgIpc) is 3.36. The fraction of sp³-hybridized carbons (Fsp3) is 0.111. The minimum Gasteiger partial charge on any atom is -0.383 e. The van der Waals surface area contributed by atoms with Crippen LogP contribution in [0.1, 0.15) is 26.4 Å². The lowest BCUT2D eigenvalue weighted by Crippen LogP contribution is -2.24. The minimum atomic E-state index is -0.163. The summed E-state index contributed by atoms with van der Waals surface area (Å²) in [4.78, 5) is 27.8. The number of thiophene rings is 1. The molecule has 5 rings (SSSR count). The van der Waals surface area contributed by atoms with Crippen molar-refractivity contribution in [1.82, 2.24) is 20.3 Å². The largest absolute Gasteiger partial charge is 0.383 e. The maximum absolute atomic E-state index is 12.8. The molecule has 8 heteroatoms. The molecule has 0 atom stereocenters. The molecule has 3 heterocycles. The molecule has 5 aromatic rings. The third-order valence-electron chi connectivity index (χ3n) is 5.67. The van der Waals surface area contributed by atoms with E-state index in [1.165, 1.54) is 11.9 Å². The van der Waals surface area contributed by atoms with Gasteiger partial charge < -0.3 is 16.4 Å². The van der Waals surface area contributed by atoms with Crippen LogP contribution in [0.15, 0.2) is 79.3 Å². The Hall–Kier alpha value is -4.30. The second-order valence-electron chi connectivity index (χ2n) is 8.18. The zero-order chi connectivity index (χ0) is 24.2. The number of fused-ring (bicyclic) bond motifs is 1. The molecule has 0 saturated heterocycles. The molecule has 35 heavy (non-hydrogen) atoms. The van der Waals surface area contributed by atoms with Gasteiger partial charge in [0, 0.05) is 27.9 Å². The Morgan fingerprint density at radius 2 is 1.83 bits per heavy atom. The van der Waals surface area contributed by atoms with E-state index >= 15 is 0 Å². The van der Waals surface area contributed by atoms with Crippen molar-refractivity contribution in [2.24, 2.45) is 0 Å². The van der Waals surface area contributed by atoms with Gasteiger partial charge in [0.2, 0.25) is 0 Å². The zero-order valence-corrected chi connectivity index (χ0v) is 20.0. The molecule has 7 nitrogen and oxygen atoms in total. The lowest BCUT2D eigenvalue weighted by molar-refractivity contribution is 0.0951. The maximum atomic E-state index is 12.8. The van der Waals surface area contributed by atoms with Crippen molar-refractivity contribution in [2.75, 3.05) is 11.1 Å². The molecule has 0 aliphatic rings. The molecule has 0 fully saturated rings. The standard InChI is InChI=1S/C27H24N6OS/c1-17-4-6-18(7-5-17)14-31-27(34)21-3-2-12-29-26(21)30-15-20-9-11-24(35-20)19-8-10-23-22(13-19)25(28)33-16-32-23/h2-13,16H,14-15H2,1H3,(H,29,30)(H,31,34)(H2,28,32,33). The number of carbonyl (C=O) groups is 1. The van der Waals surface area contributed by atoms with Crippen LogP contribution >= 0.6 is 11.3 Å². The molecule has 174 valence electrons. The van der Waals surface area contributed by atoms with E-state index < -0.39 is 0 Å². The summed E-state index contributed by atoms with van der Waals surface area (Å²) in [7, 11) is 0. The number of pyridine rings is 1. The van der Waals surface area contributed by atoms with Crippen LogP contribution in [-0.4, -0.2) is 20.9 Å². The SMILES string of the molecule is Cc1ccc(CNC(=O)c2cccnc2NCc2ccc(-c3ccc4ncnc(N)c4c3)s2)cc1. The van der Waals surface area contributed by atoms with Crippen LogP contribution in [0.3, 0.4) is 0 Å². The normalized spacial score (nSPS) is 10.9. The highest BCUT2D eigenvalue weighted by Gasteiger charge is 2.13. The van der Waals surface area contributed by atoms with Crippen LogP contribution in [0.2, 0.25) is 0 Å². The minimum absolute atomic E-state index is 0.163. The van der Waals surface area contributed by atoms with Crippen molar-refractivity contribution >= 4 is 39.8 Å². The number of aromatic nitrogens is 3. The first-order chi connectivity index (χ1) is 17.1. The summed E-state index contributed by atoms with van der Waals surface area (Å²) in [6.07, 6.45) is 3.15. The number of aryl methyl sites for hydroxylation is 1. The number of rotatable bonds is 7. The molecule has 0 bridgehead atoms. The van der Waals surface area contributed by atoms with Gasteiger partial charge in [-0.3, -0.25) is 4.79 Å². The van der Waals surface area contributed by atoms with Crippen LogP contribution in [0, 0.1) is 6.92 Å². The Balaban J connectivity index is 1.26. The van der Waals surface area contributed by atoms with Gasteiger partial charge in [0.15, 0.2) is 0 Å². The molecular weight excluding hydrogens is 456 g/mol. The van der Waals surface area contributed by atoms with Crippen LogP contribution in [0.4, 0.5) is 11.6 Å². The second-order valence-corrected chi connectivity index (χ2v) is 9.35.